The predicted octanol–water partition coefficient (Wildman–Crippen LogP) is 11.7. The number of nitrogens with zero attached hydrogens (tertiary/aromatic N) is 1. The van der Waals surface area contributed by atoms with Crippen LogP contribution < -0.4 is 0 Å². The highest BCUT2D eigenvalue weighted by Gasteiger charge is 2.20. The molecule has 0 saturated carbocycles. The van der Waals surface area contributed by atoms with Gasteiger partial charge in [0.1, 0.15) is 0 Å². The lowest BCUT2D eigenvalue weighted by molar-refractivity contribution is 0.869. The molecule has 1 nitrogen and oxygen atoms in total. The van der Waals surface area contributed by atoms with Crippen molar-refractivity contribution >= 4 is 59.6 Å². The molecule has 41 heavy (non-hydrogen) atoms. The first-order chi connectivity index (χ1) is 19.7. The van der Waals surface area contributed by atoms with E-state index in [1.54, 1.807) is 0 Å². The molecule has 6 aromatic carbocycles. The Labute approximate surface area is 241 Å². The molecular weight excluding hydrogens is 494 g/mol. The summed E-state index contributed by atoms with van der Waals surface area (Å²) >= 11 is 0. The van der Waals surface area contributed by atoms with Gasteiger partial charge in [0.25, 0.3) is 0 Å². The highest BCUT2D eigenvalue weighted by Crippen LogP contribution is 2.44. The Hall–Kier alpha value is -4.36. The van der Waals surface area contributed by atoms with Crippen molar-refractivity contribution in [1.82, 2.24) is 4.40 Å². The average molecular weight is 530 g/mol. The van der Waals surface area contributed by atoms with E-state index in [9.17, 15) is 0 Å². The lowest BCUT2D eigenvalue weighted by atomic mass is 9.94. The second kappa shape index (κ2) is 8.57. The first kappa shape index (κ1) is 24.4. The average Bonchev–Trinajstić information content (AvgIpc) is 3.43. The minimum Gasteiger partial charge on any atom is -0.308 e. The van der Waals surface area contributed by atoms with Crippen LogP contribution in [0.2, 0.25) is 0 Å². The molecule has 8 aromatic rings. The normalized spacial score (nSPS) is 12.6. The molecule has 0 bridgehead atoms. The summed E-state index contributed by atoms with van der Waals surface area (Å²) in [6.45, 7) is 13.5. The Kier molecular flexibility index (Phi) is 5.11. The molecule has 1 heteroatoms. The van der Waals surface area contributed by atoms with Crippen LogP contribution in [0.4, 0.5) is 0 Å². The van der Waals surface area contributed by atoms with Crippen molar-refractivity contribution in [2.24, 2.45) is 0 Å². The van der Waals surface area contributed by atoms with Crippen LogP contribution in [-0.2, 0) is 0 Å². The molecular formula is C40H35N. The number of rotatable bonds is 3. The van der Waals surface area contributed by atoms with Crippen molar-refractivity contribution in [1.29, 1.82) is 0 Å². The number of aryl methyl sites for hydroxylation is 2. The summed E-state index contributed by atoms with van der Waals surface area (Å²) in [5.41, 5.74) is 11.9. The van der Waals surface area contributed by atoms with Crippen molar-refractivity contribution < 1.29 is 0 Å². The van der Waals surface area contributed by atoms with E-state index < -0.39 is 0 Å². The van der Waals surface area contributed by atoms with Gasteiger partial charge < -0.3 is 4.40 Å². The van der Waals surface area contributed by atoms with Crippen molar-refractivity contribution in [2.45, 2.75) is 53.4 Å². The number of fused-ring (bicyclic) bond motifs is 8. The maximum atomic E-state index is 2.53. The largest absolute Gasteiger partial charge is 0.308 e. The lowest BCUT2D eigenvalue weighted by Gasteiger charge is -2.09. The van der Waals surface area contributed by atoms with Gasteiger partial charge in [-0.3, -0.25) is 0 Å². The maximum absolute atomic E-state index is 2.53. The third kappa shape index (κ3) is 3.61. The van der Waals surface area contributed by atoms with Gasteiger partial charge in [-0.2, -0.15) is 0 Å². The number of hydrogen-bond acceptors (Lipinski definition) is 0. The standard InChI is InChI=1S/C40H35N/c1-22(2)26-7-9-28-20-38-34(16-31(28)14-26)36-18-33(30-12-24(5)11-25(6)13-30)19-37-35-17-32-15-27(23(3)4)8-10-29(32)21-39(35)41(38)40(36)37/h7-23H,1-6H3. The zero-order chi connectivity index (χ0) is 28.2. The number of benzene rings is 6. The molecule has 2 aromatic heterocycles. The summed E-state index contributed by atoms with van der Waals surface area (Å²) in [5.74, 6) is 1.02. The van der Waals surface area contributed by atoms with E-state index in [4.69, 9.17) is 0 Å². The Morgan fingerprint density at radius 1 is 0.439 bits per heavy atom. The van der Waals surface area contributed by atoms with E-state index in [2.05, 4.69) is 137 Å². The third-order valence-electron chi connectivity index (χ3n) is 9.24. The fourth-order valence-electron chi connectivity index (χ4n) is 7.09. The van der Waals surface area contributed by atoms with Crippen LogP contribution in [0.15, 0.2) is 91.0 Å². The third-order valence-corrected chi connectivity index (χ3v) is 9.24. The van der Waals surface area contributed by atoms with Crippen LogP contribution in [-0.4, -0.2) is 4.40 Å². The van der Waals surface area contributed by atoms with Crippen LogP contribution in [0.1, 0.15) is 61.8 Å². The first-order valence-electron chi connectivity index (χ1n) is 15.0. The van der Waals surface area contributed by atoms with Crippen molar-refractivity contribution in [3.8, 4) is 11.1 Å². The summed E-state index contributed by atoms with van der Waals surface area (Å²) in [6.07, 6.45) is 0. The van der Waals surface area contributed by atoms with E-state index >= 15 is 0 Å². The minimum absolute atomic E-state index is 0.509. The summed E-state index contributed by atoms with van der Waals surface area (Å²) in [6, 6.07) is 35.5. The molecule has 0 atom stereocenters. The van der Waals surface area contributed by atoms with Crippen molar-refractivity contribution in [2.75, 3.05) is 0 Å². The molecule has 0 N–H and O–H groups in total. The van der Waals surface area contributed by atoms with Gasteiger partial charge >= 0.3 is 0 Å². The van der Waals surface area contributed by atoms with Gasteiger partial charge in [-0.1, -0.05) is 93.4 Å². The van der Waals surface area contributed by atoms with E-state index in [0.29, 0.717) is 11.8 Å². The van der Waals surface area contributed by atoms with Gasteiger partial charge in [-0.15, -0.1) is 0 Å². The summed E-state index contributed by atoms with van der Waals surface area (Å²) in [5, 5.41) is 10.6. The number of aromatic nitrogens is 1. The molecule has 0 radical (unpaired) electrons. The van der Waals surface area contributed by atoms with Crippen LogP contribution in [0, 0.1) is 13.8 Å². The minimum atomic E-state index is 0.509. The van der Waals surface area contributed by atoms with Gasteiger partial charge in [0.15, 0.2) is 0 Å². The SMILES string of the molecule is Cc1cc(C)cc(-c2cc3c4cc5cc(C(C)C)ccc5cc4n4c5cc6ccc(C(C)C)cc6cc5c(c2)c34)c1. The van der Waals surface area contributed by atoms with Crippen LogP contribution in [0.25, 0.3) is 70.8 Å². The van der Waals surface area contributed by atoms with Crippen LogP contribution >= 0.6 is 0 Å². The fraction of sp³-hybridized carbons (Fsp3) is 0.200. The zero-order valence-corrected chi connectivity index (χ0v) is 24.8. The molecule has 0 aliphatic heterocycles. The zero-order valence-electron chi connectivity index (χ0n) is 24.8. The van der Waals surface area contributed by atoms with Gasteiger partial charge in [0, 0.05) is 21.5 Å². The fourth-order valence-corrected chi connectivity index (χ4v) is 7.09. The molecule has 0 fully saturated rings. The molecule has 0 amide bonds. The molecule has 0 unspecified atom stereocenters. The van der Waals surface area contributed by atoms with E-state index in [1.165, 1.54) is 93.0 Å². The molecule has 8 rings (SSSR count). The molecule has 0 spiro atoms. The van der Waals surface area contributed by atoms with E-state index in [-0.39, 0.29) is 0 Å². The van der Waals surface area contributed by atoms with Gasteiger partial charge in [-0.25, -0.2) is 0 Å². The van der Waals surface area contributed by atoms with Crippen LogP contribution in [0.3, 0.4) is 0 Å². The Morgan fingerprint density at radius 3 is 1.37 bits per heavy atom. The maximum Gasteiger partial charge on any atom is 0.0620 e. The van der Waals surface area contributed by atoms with E-state index in [0.717, 1.165) is 0 Å². The predicted molar refractivity (Wildman–Crippen MR) is 179 cm³/mol. The Bertz CT molecular complexity index is 2170. The second-order valence-electron chi connectivity index (χ2n) is 12.9. The topological polar surface area (TPSA) is 4.41 Å². The Balaban J connectivity index is 1.55. The van der Waals surface area contributed by atoms with Crippen molar-refractivity contribution in [3.05, 3.63) is 113 Å². The van der Waals surface area contributed by atoms with Crippen LogP contribution in [0.5, 0.6) is 0 Å². The summed E-state index contributed by atoms with van der Waals surface area (Å²) in [7, 11) is 0. The smallest absolute Gasteiger partial charge is 0.0620 e. The van der Waals surface area contributed by atoms with Gasteiger partial charge in [-0.05, 0) is 106 Å². The molecule has 0 aliphatic carbocycles. The highest BCUT2D eigenvalue weighted by molar-refractivity contribution is 6.27. The van der Waals surface area contributed by atoms with Crippen molar-refractivity contribution in [3.63, 3.8) is 0 Å². The summed E-state index contributed by atoms with van der Waals surface area (Å²) < 4.78 is 2.53. The molecule has 0 saturated heterocycles. The van der Waals surface area contributed by atoms with Gasteiger partial charge in [0.2, 0.25) is 0 Å². The lowest BCUT2D eigenvalue weighted by Crippen LogP contribution is -1.88. The first-order valence-corrected chi connectivity index (χ1v) is 15.0. The monoisotopic (exact) mass is 529 g/mol. The van der Waals surface area contributed by atoms with Gasteiger partial charge in [0.05, 0.1) is 16.6 Å². The quantitative estimate of drug-likeness (QED) is 0.214. The second-order valence-corrected chi connectivity index (χ2v) is 12.9. The molecule has 0 aliphatic rings. The highest BCUT2D eigenvalue weighted by atomic mass is 14.9. The number of hydrogen-bond donors (Lipinski definition) is 0. The molecule has 2 heterocycles. The molecule has 200 valence electrons. The summed E-state index contributed by atoms with van der Waals surface area (Å²) in [4.78, 5) is 0. The van der Waals surface area contributed by atoms with E-state index in [1.807, 2.05) is 0 Å². The Morgan fingerprint density at radius 2 is 0.902 bits per heavy atom.